The summed E-state index contributed by atoms with van der Waals surface area (Å²) in [4.78, 5) is 38.1. The number of benzene rings is 1. The normalized spacial score (nSPS) is 15.4. The van der Waals surface area contributed by atoms with Crippen LogP contribution in [0.25, 0.3) is 0 Å². The van der Waals surface area contributed by atoms with Crippen molar-refractivity contribution in [3.63, 3.8) is 0 Å². The number of carbonyl (C=O) groups excluding carboxylic acids is 3. The first kappa shape index (κ1) is 23.2. The first-order valence-corrected chi connectivity index (χ1v) is 11.3. The number of hydrazone groups is 1. The number of amides is 2. The largest absolute Gasteiger partial charge is 0.462 e. The van der Waals surface area contributed by atoms with E-state index in [9.17, 15) is 14.4 Å². The van der Waals surface area contributed by atoms with Gasteiger partial charge in [0.05, 0.1) is 23.4 Å². The zero-order valence-corrected chi connectivity index (χ0v) is 19.3. The number of anilines is 1. The van der Waals surface area contributed by atoms with Gasteiger partial charge in [-0.25, -0.2) is 10.2 Å². The van der Waals surface area contributed by atoms with Gasteiger partial charge in [-0.05, 0) is 49.8 Å². The fraction of sp³-hybridized carbons (Fsp3) is 0.333. The minimum absolute atomic E-state index is 0.218. The number of carbonyl (C=O) groups is 3. The maximum absolute atomic E-state index is 12.5. The van der Waals surface area contributed by atoms with Crippen molar-refractivity contribution < 1.29 is 19.1 Å². The first-order chi connectivity index (χ1) is 14.8. The van der Waals surface area contributed by atoms with Crippen LogP contribution in [-0.4, -0.2) is 30.6 Å². The van der Waals surface area contributed by atoms with E-state index >= 15 is 0 Å². The third-order valence-corrected chi connectivity index (χ3v) is 6.49. The van der Waals surface area contributed by atoms with Crippen LogP contribution in [0.2, 0.25) is 10.0 Å². The summed E-state index contributed by atoms with van der Waals surface area (Å²) in [6.07, 6.45) is 3.81. The quantitative estimate of drug-likeness (QED) is 0.285. The van der Waals surface area contributed by atoms with Crippen LogP contribution < -0.4 is 10.7 Å². The Balaban J connectivity index is 1.72. The van der Waals surface area contributed by atoms with Gasteiger partial charge in [-0.3, -0.25) is 9.59 Å². The Hall–Kier alpha value is -2.42. The first-order valence-electron chi connectivity index (χ1n) is 9.71. The van der Waals surface area contributed by atoms with Gasteiger partial charge in [-0.1, -0.05) is 36.2 Å². The van der Waals surface area contributed by atoms with Crippen molar-refractivity contribution in [1.82, 2.24) is 5.43 Å². The molecule has 31 heavy (non-hydrogen) atoms. The lowest BCUT2D eigenvalue weighted by Gasteiger charge is -2.18. The Kier molecular flexibility index (Phi) is 7.69. The lowest BCUT2D eigenvalue weighted by atomic mass is 9.88. The van der Waals surface area contributed by atoms with E-state index in [0.717, 1.165) is 29.7 Å². The number of esters is 1. The molecular weight excluding hydrogens is 461 g/mol. The van der Waals surface area contributed by atoms with Gasteiger partial charge in [-0.2, -0.15) is 5.10 Å². The predicted molar refractivity (Wildman–Crippen MR) is 122 cm³/mol. The van der Waals surface area contributed by atoms with Crippen LogP contribution in [0.15, 0.2) is 23.3 Å². The van der Waals surface area contributed by atoms with E-state index in [1.165, 1.54) is 23.6 Å². The van der Waals surface area contributed by atoms with E-state index in [0.29, 0.717) is 32.1 Å². The van der Waals surface area contributed by atoms with Crippen molar-refractivity contribution in [2.75, 3.05) is 11.9 Å². The van der Waals surface area contributed by atoms with Crippen molar-refractivity contribution in [2.45, 2.75) is 33.1 Å². The molecule has 1 aliphatic rings. The monoisotopic (exact) mass is 481 g/mol. The number of thiophene rings is 1. The summed E-state index contributed by atoms with van der Waals surface area (Å²) in [5.41, 5.74) is 3.91. The fourth-order valence-electron chi connectivity index (χ4n) is 3.24. The summed E-state index contributed by atoms with van der Waals surface area (Å²) in [6, 6.07) is 4.79. The van der Waals surface area contributed by atoms with Gasteiger partial charge in [0.2, 0.25) is 0 Å². The van der Waals surface area contributed by atoms with Crippen molar-refractivity contribution in [2.24, 2.45) is 11.0 Å². The molecule has 1 aliphatic carbocycles. The van der Waals surface area contributed by atoms with Crippen LogP contribution in [0.1, 0.15) is 46.6 Å². The van der Waals surface area contributed by atoms with Crippen LogP contribution in [0, 0.1) is 5.92 Å². The molecule has 0 aliphatic heterocycles. The van der Waals surface area contributed by atoms with Crippen molar-refractivity contribution in [3.8, 4) is 0 Å². The molecule has 0 unspecified atom stereocenters. The van der Waals surface area contributed by atoms with Gasteiger partial charge < -0.3 is 10.1 Å². The molecule has 1 aromatic heterocycles. The molecule has 164 valence electrons. The summed E-state index contributed by atoms with van der Waals surface area (Å²) in [6.45, 7) is 4.08. The number of nitrogens with one attached hydrogen (secondary N) is 2. The summed E-state index contributed by atoms with van der Waals surface area (Å²) in [5, 5.41) is 7.44. The maximum Gasteiger partial charge on any atom is 0.341 e. The zero-order chi connectivity index (χ0) is 22.5. The molecule has 0 radical (unpaired) electrons. The number of hydrogen-bond acceptors (Lipinski definition) is 6. The van der Waals surface area contributed by atoms with Gasteiger partial charge in [0.1, 0.15) is 5.00 Å². The van der Waals surface area contributed by atoms with E-state index in [-0.39, 0.29) is 6.61 Å². The Morgan fingerprint density at radius 2 is 2.06 bits per heavy atom. The van der Waals surface area contributed by atoms with Crippen molar-refractivity contribution in [1.29, 1.82) is 0 Å². The summed E-state index contributed by atoms with van der Waals surface area (Å²) in [5.74, 6) is -1.92. The van der Waals surface area contributed by atoms with E-state index in [1.807, 2.05) is 0 Å². The van der Waals surface area contributed by atoms with Crippen molar-refractivity contribution >= 4 is 63.5 Å². The molecule has 0 bridgehead atoms. The third-order valence-electron chi connectivity index (χ3n) is 4.76. The van der Waals surface area contributed by atoms with Gasteiger partial charge in [0.25, 0.3) is 0 Å². The molecule has 0 saturated carbocycles. The summed E-state index contributed by atoms with van der Waals surface area (Å²) >= 11 is 13.2. The van der Waals surface area contributed by atoms with Crippen molar-refractivity contribution in [3.05, 3.63) is 49.8 Å². The SMILES string of the molecule is CCOC(=O)c1c(NC(=O)C(=O)N/N=C\c2ccc(Cl)cc2Cl)sc2c1CC[C@H](C)C2. The molecule has 10 heteroatoms. The molecule has 0 saturated heterocycles. The average molecular weight is 482 g/mol. The van der Waals surface area contributed by atoms with E-state index in [2.05, 4.69) is 22.8 Å². The molecule has 3 rings (SSSR count). The predicted octanol–water partition coefficient (Wildman–Crippen LogP) is 4.45. The van der Waals surface area contributed by atoms with E-state index in [1.54, 1.807) is 19.1 Å². The highest BCUT2D eigenvalue weighted by Crippen LogP contribution is 2.40. The molecule has 2 N–H and O–H groups in total. The highest BCUT2D eigenvalue weighted by Gasteiger charge is 2.30. The van der Waals surface area contributed by atoms with Crippen LogP contribution in [0.5, 0.6) is 0 Å². The van der Waals surface area contributed by atoms with Crippen LogP contribution in [0.4, 0.5) is 5.00 Å². The number of hydrogen-bond donors (Lipinski definition) is 2. The lowest BCUT2D eigenvalue weighted by molar-refractivity contribution is -0.136. The average Bonchev–Trinajstić information content (AvgIpc) is 3.06. The van der Waals surface area contributed by atoms with E-state index in [4.69, 9.17) is 27.9 Å². The fourth-order valence-corrected chi connectivity index (χ4v) is 5.09. The number of halogens is 2. The highest BCUT2D eigenvalue weighted by molar-refractivity contribution is 7.17. The number of rotatable bonds is 5. The number of fused-ring (bicyclic) bond motifs is 1. The molecular formula is C21H21Cl2N3O4S. The molecule has 0 fully saturated rings. The Labute approximate surface area is 193 Å². The second-order valence-electron chi connectivity index (χ2n) is 7.10. The zero-order valence-electron chi connectivity index (χ0n) is 17.0. The third kappa shape index (κ3) is 5.64. The Bertz CT molecular complexity index is 1050. The summed E-state index contributed by atoms with van der Waals surface area (Å²) in [7, 11) is 0. The Morgan fingerprint density at radius 3 is 2.77 bits per heavy atom. The van der Waals surface area contributed by atoms with Gasteiger partial charge in [-0.15, -0.1) is 11.3 Å². The molecule has 1 atom stereocenters. The van der Waals surface area contributed by atoms with Crippen LogP contribution in [-0.2, 0) is 27.2 Å². The van der Waals surface area contributed by atoms with E-state index < -0.39 is 17.8 Å². The molecule has 2 amide bonds. The molecule has 1 heterocycles. The molecule has 7 nitrogen and oxygen atoms in total. The highest BCUT2D eigenvalue weighted by atomic mass is 35.5. The minimum Gasteiger partial charge on any atom is -0.462 e. The maximum atomic E-state index is 12.5. The molecule has 2 aromatic rings. The number of nitrogens with zero attached hydrogens (tertiary/aromatic N) is 1. The Morgan fingerprint density at radius 1 is 1.29 bits per heavy atom. The minimum atomic E-state index is -0.976. The van der Waals surface area contributed by atoms with Crippen LogP contribution >= 0.6 is 34.5 Å². The lowest BCUT2D eigenvalue weighted by Crippen LogP contribution is -2.32. The van der Waals surface area contributed by atoms with Gasteiger partial charge >= 0.3 is 17.8 Å². The smallest absolute Gasteiger partial charge is 0.341 e. The topological polar surface area (TPSA) is 96.9 Å². The second-order valence-corrected chi connectivity index (χ2v) is 9.04. The summed E-state index contributed by atoms with van der Waals surface area (Å²) < 4.78 is 5.17. The second kappa shape index (κ2) is 10.3. The van der Waals surface area contributed by atoms with Crippen LogP contribution in [0.3, 0.4) is 0 Å². The van der Waals surface area contributed by atoms with Gasteiger partial charge in [0.15, 0.2) is 0 Å². The molecule has 1 aromatic carbocycles. The number of ether oxygens (including phenoxy) is 1. The standard InChI is InChI=1S/C21H21Cl2N3O4S/c1-3-30-21(29)17-14-7-4-11(2)8-16(14)31-20(17)25-18(27)19(28)26-24-10-12-5-6-13(22)9-15(12)23/h5-6,9-11H,3-4,7-8H2,1-2H3,(H,25,27)(H,26,28)/b24-10-/t11-/m0/s1. The van der Waals surface area contributed by atoms with Gasteiger partial charge in [0, 0.05) is 15.5 Å². The molecule has 0 spiro atoms.